The predicted molar refractivity (Wildman–Crippen MR) is 211 cm³/mol. The summed E-state index contributed by atoms with van der Waals surface area (Å²) < 4.78 is 6.90. The van der Waals surface area contributed by atoms with Crippen molar-refractivity contribution in [1.29, 1.82) is 0 Å². The van der Waals surface area contributed by atoms with E-state index in [0.717, 1.165) is 11.2 Å². The summed E-state index contributed by atoms with van der Waals surface area (Å²) in [5.74, 6) is 0. The van der Waals surface area contributed by atoms with Gasteiger partial charge >= 0.3 is 0 Å². The lowest BCUT2D eigenvalue weighted by atomic mass is 9.80. The van der Waals surface area contributed by atoms with Gasteiger partial charge in [0.15, 0.2) is 0 Å². The van der Waals surface area contributed by atoms with Crippen LogP contribution in [0.15, 0.2) is 162 Å². The maximum Gasteiger partial charge on any atom is 0.144 e. The third-order valence-electron chi connectivity index (χ3n) is 11.4. The van der Waals surface area contributed by atoms with Crippen molar-refractivity contribution in [3.63, 3.8) is 0 Å². The fourth-order valence-electron chi connectivity index (χ4n) is 9.16. The summed E-state index contributed by atoms with van der Waals surface area (Å²) in [6.07, 6.45) is 0. The van der Waals surface area contributed by atoms with E-state index in [9.17, 15) is 0 Å². The first-order valence-corrected chi connectivity index (χ1v) is 17.5. The van der Waals surface area contributed by atoms with E-state index in [1.807, 2.05) is 0 Å². The van der Waals surface area contributed by atoms with Gasteiger partial charge in [-0.05, 0) is 107 Å². The fourth-order valence-corrected chi connectivity index (χ4v) is 9.16. The normalized spacial score (nSPS) is 13.6. The monoisotopic (exact) mass is 636 g/mol. The Labute approximate surface area is 290 Å². The quantitative estimate of drug-likeness (QED) is 0.139. The second kappa shape index (κ2) is 9.94. The van der Waals surface area contributed by atoms with Crippen LogP contribution >= 0.6 is 0 Å². The molecular weight excluding hydrogens is 605 g/mol. The zero-order chi connectivity index (χ0) is 33.1. The van der Waals surface area contributed by atoms with E-state index in [2.05, 4.69) is 172 Å². The van der Waals surface area contributed by atoms with Crippen LogP contribution in [-0.2, 0) is 5.41 Å². The number of benzene rings is 9. The van der Waals surface area contributed by atoms with Crippen molar-refractivity contribution in [2.24, 2.45) is 0 Å². The second-order valence-electron chi connectivity index (χ2n) is 14.4. The van der Waals surface area contributed by atoms with Crippen LogP contribution in [0, 0.1) is 0 Å². The highest BCUT2D eigenvalue weighted by Crippen LogP contribution is 2.56. The Morgan fingerprint density at radius 2 is 1.02 bits per heavy atom. The second-order valence-corrected chi connectivity index (χ2v) is 14.4. The molecule has 50 heavy (non-hydrogen) atoms. The highest BCUT2D eigenvalue weighted by Gasteiger charge is 2.39. The van der Waals surface area contributed by atoms with Crippen molar-refractivity contribution in [2.75, 3.05) is 0 Å². The van der Waals surface area contributed by atoms with Gasteiger partial charge in [0.2, 0.25) is 0 Å². The van der Waals surface area contributed by atoms with Crippen molar-refractivity contribution in [3.8, 4) is 44.5 Å². The first kappa shape index (κ1) is 27.7. The van der Waals surface area contributed by atoms with Crippen LogP contribution in [0.25, 0.3) is 98.8 Å². The molecule has 0 saturated heterocycles. The predicted octanol–water partition coefficient (Wildman–Crippen LogP) is 13.8. The Kier molecular flexibility index (Phi) is 5.51. The molecule has 0 saturated carbocycles. The third-order valence-corrected chi connectivity index (χ3v) is 11.4. The third kappa shape index (κ3) is 3.62. The van der Waals surface area contributed by atoms with Crippen LogP contribution in [0.1, 0.15) is 25.0 Å². The maximum absolute atomic E-state index is 6.90. The van der Waals surface area contributed by atoms with E-state index < -0.39 is 0 Å². The van der Waals surface area contributed by atoms with Gasteiger partial charge in [-0.15, -0.1) is 0 Å². The lowest BCUT2D eigenvalue weighted by Gasteiger charge is -2.23. The summed E-state index contributed by atoms with van der Waals surface area (Å²) in [4.78, 5) is 0. The minimum Gasteiger partial charge on any atom is -0.455 e. The van der Waals surface area contributed by atoms with E-state index in [1.165, 1.54) is 98.7 Å². The molecule has 9 aromatic carbocycles. The number of hydrogen-bond acceptors (Lipinski definition) is 1. The number of fused-ring (bicyclic) bond motifs is 6. The molecule has 0 unspecified atom stereocenters. The smallest absolute Gasteiger partial charge is 0.144 e. The molecule has 0 aliphatic heterocycles. The summed E-state index contributed by atoms with van der Waals surface area (Å²) in [6.45, 7) is 4.72. The van der Waals surface area contributed by atoms with Gasteiger partial charge in [-0.1, -0.05) is 147 Å². The van der Waals surface area contributed by atoms with Crippen LogP contribution in [0.4, 0.5) is 0 Å². The molecule has 1 nitrogen and oxygen atoms in total. The van der Waals surface area contributed by atoms with Crippen LogP contribution in [-0.4, -0.2) is 0 Å². The van der Waals surface area contributed by atoms with Gasteiger partial charge in [0.25, 0.3) is 0 Å². The molecule has 0 amide bonds. The lowest BCUT2D eigenvalue weighted by Crippen LogP contribution is -2.14. The Morgan fingerprint density at radius 3 is 1.78 bits per heavy atom. The number of hydrogen-bond donors (Lipinski definition) is 0. The Balaban J connectivity index is 1.28. The molecule has 10 aromatic rings. The Morgan fingerprint density at radius 1 is 0.400 bits per heavy atom. The average molecular weight is 637 g/mol. The first-order valence-electron chi connectivity index (χ1n) is 17.5. The fraction of sp³-hybridized carbons (Fsp3) is 0.0612. The van der Waals surface area contributed by atoms with Crippen molar-refractivity contribution < 1.29 is 4.42 Å². The summed E-state index contributed by atoms with van der Waals surface area (Å²) in [7, 11) is 0. The van der Waals surface area contributed by atoms with E-state index in [0.29, 0.717) is 0 Å². The SMILES string of the molecule is CC1(C)c2ccccc2-c2c1cc1c(-c3c4ccccc4c(-c4cccc(-c5ccccc5)c4)c4ccccc34)cc3cccc4oc2c1c34. The molecule has 0 atom stereocenters. The van der Waals surface area contributed by atoms with Crippen LogP contribution in [0.5, 0.6) is 0 Å². The van der Waals surface area contributed by atoms with Gasteiger partial charge < -0.3 is 4.42 Å². The summed E-state index contributed by atoms with van der Waals surface area (Å²) in [6, 6.07) is 58.0. The minimum absolute atomic E-state index is 0.154. The highest BCUT2D eigenvalue weighted by atomic mass is 16.3. The topological polar surface area (TPSA) is 13.1 Å². The van der Waals surface area contributed by atoms with Crippen LogP contribution in [0.2, 0.25) is 0 Å². The van der Waals surface area contributed by atoms with E-state index in [4.69, 9.17) is 4.42 Å². The van der Waals surface area contributed by atoms with Gasteiger partial charge in [-0.2, -0.15) is 0 Å². The largest absolute Gasteiger partial charge is 0.455 e. The number of furan rings is 1. The van der Waals surface area contributed by atoms with Crippen molar-refractivity contribution >= 4 is 54.3 Å². The van der Waals surface area contributed by atoms with Crippen molar-refractivity contribution in [1.82, 2.24) is 0 Å². The Hall–Kier alpha value is -6.18. The van der Waals surface area contributed by atoms with E-state index in [-0.39, 0.29) is 5.41 Å². The molecule has 1 aliphatic carbocycles. The molecule has 11 rings (SSSR count). The highest BCUT2D eigenvalue weighted by molar-refractivity contribution is 6.31. The molecule has 1 aliphatic rings. The molecule has 0 fully saturated rings. The molecule has 1 aromatic heterocycles. The zero-order valence-electron chi connectivity index (χ0n) is 27.9. The molecular formula is C49H32O. The van der Waals surface area contributed by atoms with Crippen molar-refractivity contribution in [3.05, 3.63) is 169 Å². The standard InChI is InChI=1S/C49H32O/c1-49(2)40-24-11-10-23-37(40)46-41(49)28-39-38(27-32-18-13-25-42-44(32)47(39)48(46)50-42)45-35-21-8-6-19-33(35)43(34-20-7-9-22-36(34)45)31-17-12-16-30(26-31)29-14-4-3-5-15-29/h3-28H,1-2H3. The van der Waals surface area contributed by atoms with Crippen LogP contribution in [0.3, 0.4) is 0 Å². The van der Waals surface area contributed by atoms with Gasteiger partial charge in [-0.25, -0.2) is 0 Å². The van der Waals surface area contributed by atoms with Gasteiger partial charge in [0.1, 0.15) is 11.2 Å². The molecule has 1 heteroatoms. The van der Waals surface area contributed by atoms with Gasteiger partial charge in [0, 0.05) is 21.8 Å². The molecule has 0 bridgehead atoms. The molecule has 1 heterocycles. The van der Waals surface area contributed by atoms with Gasteiger partial charge in [-0.3, -0.25) is 0 Å². The molecule has 234 valence electrons. The van der Waals surface area contributed by atoms with Gasteiger partial charge in [0.05, 0.1) is 0 Å². The molecule has 0 N–H and O–H groups in total. The first-order chi connectivity index (χ1) is 24.6. The summed E-state index contributed by atoms with van der Waals surface area (Å²) in [5.41, 5.74) is 14.5. The number of rotatable bonds is 3. The minimum atomic E-state index is -0.154. The van der Waals surface area contributed by atoms with Crippen LogP contribution < -0.4 is 0 Å². The average Bonchev–Trinajstić information content (AvgIpc) is 3.66. The zero-order valence-corrected chi connectivity index (χ0v) is 27.9. The maximum atomic E-state index is 6.90. The van der Waals surface area contributed by atoms with E-state index in [1.54, 1.807) is 0 Å². The Bertz CT molecular complexity index is 2940. The molecule has 0 radical (unpaired) electrons. The summed E-state index contributed by atoms with van der Waals surface area (Å²) in [5, 5.41) is 9.94. The lowest BCUT2D eigenvalue weighted by molar-refractivity contribution is 0.654. The summed E-state index contributed by atoms with van der Waals surface area (Å²) >= 11 is 0. The molecule has 0 spiro atoms. The van der Waals surface area contributed by atoms with Crippen molar-refractivity contribution in [2.45, 2.75) is 19.3 Å². The van der Waals surface area contributed by atoms with E-state index >= 15 is 0 Å².